The molecule has 0 aliphatic carbocycles. The van der Waals surface area contributed by atoms with E-state index in [1.54, 1.807) is 13.8 Å². The zero-order valence-corrected chi connectivity index (χ0v) is 27.7. The van der Waals surface area contributed by atoms with Crippen LogP contribution in [0.3, 0.4) is 0 Å². The van der Waals surface area contributed by atoms with E-state index in [0.29, 0.717) is 0 Å². The van der Waals surface area contributed by atoms with Crippen molar-refractivity contribution in [1.29, 1.82) is 0 Å². The maximum atomic E-state index is 12.3. The lowest BCUT2D eigenvalue weighted by atomic mass is 10.1. The standard InChI is InChI=1S/C24H46N4O14P2/c1-16(41-20(5)31)22(27-18(3)29)8-12-38-43(34,35)15-7-10-25-24(33)26-11-14-40-44(36,37)39-13-9-23(28-19(4)30)17(2)42-21(6)32/h16-17,22-23H,7-15H2,1-6H3,(H,27,29)(H,28,30)(H,34,35)(H,36,37)(H2,25,26,33)/t16?,17?,22-,23-/m0/s1. The molecule has 256 valence electrons. The van der Waals surface area contributed by atoms with E-state index in [1.807, 2.05) is 0 Å². The van der Waals surface area contributed by atoms with E-state index in [0.717, 1.165) is 0 Å². The first kappa shape index (κ1) is 41.4. The number of phosphoric acid groups is 1. The molecule has 0 aromatic rings. The molecule has 0 aromatic carbocycles. The second kappa shape index (κ2) is 21.2. The second-order valence-corrected chi connectivity index (χ2v) is 13.1. The normalized spacial score (nSPS) is 16.5. The van der Waals surface area contributed by atoms with Gasteiger partial charge in [-0.25, -0.2) is 9.36 Å². The number of phosphoric ester groups is 1. The van der Waals surface area contributed by atoms with Crippen LogP contribution in [-0.4, -0.2) is 103 Å². The summed E-state index contributed by atoms with van der Waals surface area (Å²) in [6.45, 7) is 7.07. The Morgan fingerprint density at radius 1 is 0.682 bits per heavy atom. The van der Waals surface area contributed by atoms with Crippen LogP contribution in [0.4, 0.5) is 4.79 Å². The Kier molecular flexibility index (Phi) is 20.0. The summed E-state index contributed by atoms with van der Waals surface area (Å²) in [5, 5.41) is 9.99. The molecule has 4 amide bonds. The van der Waals surface area contributed by atoms with Crippen molar-refractivity contribution in [2.24, 2.45) is 0 Å². The summed E-state index contributed by atoms with van der Waals surface area (Å²) in [7, 11) is -8.50. The lowest BCUT2D eigenvalue weighted by Crippen LogP contribution is -2.43. The number of carbonyl (C=O) groups excluding carboxylic acids is 5. The molecular formula is C24H46N4O14P2. The molecule has 0 aromatic heterocycles. The quantitative estimate of drug-likeness (QED) is 0.0525. The highest BCUT2D eigenvalue weighted by molar-refractivity contribution is 7.52. The van der Waals surface area contributed by atoms with Crippen molar-refractivity contribution in [1.82, 2.24) is 21.3 Å². The van der Waals surface area contributed by atoms with E-state index in [1.165, 1.54) is 27.7 Å². The fraction of sp³-hybridized carbons (Fsp3) is 0.792. The van der Waals surface area contributed by atoms with Gasteiger partial charge in [-0.15, -0.1) is 0 Å². The van der Waals surface area contributed by atoms with Gasteiger partial charge in [0.05, 0.1) is 38.1 Å². The predicted octanol–water partition coefficient (Wildman–Crippen LogP) is 0.704. The van der Waals surface area contributed by atoms with E-state index in [4.69, 9.17) is 23.0 Å². The molecule has 6 atom stereocenters. The molecule has 0 heterocycles. The second-order valence-electron chi connectivity index (χ2n) is 9.69. The first-order valence-electron chi connectivity index (χ1n) is 13.8. The summed E-state index contributed by atoms with van der Waals surface area (Å²) >= 11 is 0. The van der Waals surface area contributed by atoms with Crippen LogP contribution in [0.2, 0.25) is 0 Å². The zero-order chi connectivity index (χ0) is 33.9. The molecule has 0 rings (SSSR count). The molecule has 6 N–H and O–H groups in total. The van der Waals surface area contributed by atoms with Gasteiger partial charge in [0, 0.05) is 40.8 Å². The van der Waals surface area contributed by atoms with Crippen LogP contribution >= 0.6 is 15.4 Å². The third-order valence-electron chi connectivity index (χ3n) is 5.56. The van der Waals surface area contributed by atoms with Crippen molar-refractivity contribution in [2.45, 2.75) is 85.1 Å². The minimum absolute atomic E-state index is 0.0153. The van der Waals surface area contributed by atoms with Crippen LogP contribution in [-0.2, 0) is 51.4 Å². The third kappa shape index (κ3) is 22.0. The van der Waals surface area contributed by atoms with Gasteiger partial charge in [0.2, 0.25) is 11.8 Å². The Morgan fingerprint density at radius 3 is 1.57 bits per heavy atom. The van der Waals surface area contributed by atoms with Gasteiger partial charge >= 0.3 is 33.4 Å². The van der Waals surface area contributed by atoms with Crippen LogP contribution in [0.15, 0.2) is 0 Å². The topological polar surface area (TPSA) is 254 Å². The minimum atomic E-state index is -4.49. The maximum Gasteiger partial charge on any atom is 0.472 e. The van der Waals surface area contributed by atoms with Crippen molar-refractivity contribution < 1.29 is 65.9 Å². The SMILES string of the molecule is CC(=O)N[C@@H](CCOP(=O)(O)CCCNC(=O)NCCOP(=O)(O)OCC[C@H](NC(C)=O)C(C)OC(C)=O)C(C)OC(C)=O. The Bertz CT molecular complexity index is 968. The molecule has 0 bridgehead atoms. The molecule has 4 unspecified atom stereocenters. The number of ether oxygens (including phenoxy) is 2. The average molecular weight is 677 g/mol. The first-order valence-corrected chi connectivity index (χ1v) is 17.1. The molecule has 0 radical (unpaired) electrons. The lowest BCUT2D eigenvalue weighted by Gasteiger charge is -2.24. The van der Waals surface area contributed by atoms with E-state index >= 15 is 0 Å². The highest BCUT2D eigenvalue weighted by Crippen LogP contribution is 2.43. The van der Waals surface area contributed by atoms with Gasteiger partial charge in [-0.05, 0) is 33.1 Å². The summed E-state index contributed by atoms with van der Waals surface area (Å²) < 4.78 is 49.1. The monoisotopic (exact) mass is 676 g/mol. The predicted molar refractivity (Wildman–Crippen MR) is 155 cm³/mol. The Balaban J connectivity index is 4.31. The highest BCUT2D eigenvalue weighted by Gasteiger charge is 2.26. The van der Waals surface area contributed by atoms with Crippen molar-refractivity contribution in [3.8, 4) is 0 Å². The molecule has 18 nitrogen and oxygen atoms in total. The first-order chi connectivity index (χ1) is 20.3. The van der Waals surface area contributed by atoms with Gasteiger partial charge < -0.3 is 45.1 Å². The number of amides is 4. The molecule has 0 saturated heterocycles. The fourth-order valence-corrected chi connectivity index (χ4v) is 5.46. The van der Waals surface area contributed by atoms with Crippen LogP contribution in [0.5, 0.6) is 0 Å². The molecule has 0 saturated carbocycles. The van der Waals surface area contributed by atoms with Gasteiger partial charge in [-0.3, -0.25) is 32.8 Å². The molecular weight excluding hydrogens is 630 g/mol. The summed E-state index contributed by atoms with van der Waals surface area (Å²) in [4.78, 5) is 76.8. The molecule has 0 spiro atoms. The van der Waals surface area contributed by atoms with E-state index in [9.17, 15) is 42.9 Å². The Morgan fingerprint density at radius 2 is 1.11 bits per heavy atom. The van der Waals surface area contributed by atoms with Gasteiger partial charge in [0.25, 0.3) is 0 Å². The van der Waals surface area contributed by atoms with Crippen molar-refractivity contribution in [2.75, 3.05) is 39.1 Å². The van der Waals surface area contributed by atoms with E-state index in [-0.39, 0.29) is 64.2 Å². The van der Waals surface area contributed by atoms with E-state index < -0.39 is 63.6 Å². The molecule has 0 aliphatic heterocycles. The van der Waals surface area contributed by atoms with Gasteiger partial charge in [-0.2, -0.15) is 0 Å². The van der Waals surface area contributed by atoms with Gasteiger partial charge in [-0.1, -0.05) is 0 Å². The maximum absolute atomic E-state index is 12.3. The number of rotatable bonds is 22. The number of urea groups is 1. The summed E-state index contributed by atoms with van der Waals surface area (Å²) in [5.74, 6) is -1.85. The summed E-state index contributed by atoms with van der Waals surface area (Å²) in [5.41, 5.74) is 0. The van der Waals surface area contributed by atoms with Crippen molar-refractivity contribution in [3.05, 3.63) is 0 Å². The number of nitrogens with one attached hydrogen (secondary N) is 4. The van der Waals surface area contributed by atoms with Crippen molar-refractivity contribution in [3.63, 3.8) is 0 Å². The molecule has 20 heteroatoms. The highest BCUT2D eigenvalue weighted by atomic mass is 31.2. The Hall–Kier alpha value is -2.59. The smallest absolute Gasteiger partial charge is 0.461 e. The van der Waals surface area contributed by atoms with Crippen LogP contribution in [0.1, 0.15) is 60.8 Å². The third-order valence-corrected chi connectivity index (χ3v) is 8.05. The molecule has 44 heavy (non-hydrogen) atoms. The largest absolute Gasteiger partial charge is 0.472 e. The number of esters is 2. The van der Waals surface area contributed by atoms with Gasteiger partial charge in [0.15, 0.2) is 0 Å². The number of hydrogen-bond acceptors (Lipinski definition) is 12. The summed E-state index contributed by atoms with van der Waals surface area (Å²) in [6.07, 6.45) is -1.42. The zero-order valence-electron chi connectivity index (χ0n) is 25.9. The fourth-order valence-electron chi connectivity index (χ4n) is 3.65. The number of hydrogen-bond donors (Lipinski definition) is 6. The average Bonchev–Trinajstić information content (AvgIpc) is 2.86. The minimum Gasteiger partial charge on any atom is -0.461 e. The molecule has 0 fully saturated rings. The van der Waals surface area contributed by atoms with Crippen LogP contribution in [0, 0.1) is 0 Å². The Labute approximate surface area is 256 Å². The van der Waals surface area contributed by atoms with Gasteiger partial charge in [0.1, 0.15) is 12.2 Å². The summed E-state index contributed by atoms with van der Waals surface area (Å²) in [6, 6.07) is -1.95. The van der Waals surface area contributed by atoms with Crippen LogP contribution in [0.25, 0.3) is 0 Å². The van der Waals surface area contributed by atoms with Crippen LogP contribution < -0.4 is 21.3 Å². The number of carbonyl (C=O) groups is 5. The van der Waals surface area contributed by atoms with E-state index in [2.05, 4.69) is 21.3 Å². The van der Waals surface area contributed by atoms with Crippen molar-refractivity contribution >= 4 is 45.2 Å². The lowest BCUT2D eigenvalue weighted by molar-refractivity contribution is -0.148. The molecule has 0 aliphatic rings.